The molecule has 0 unspecified atom stereocenters. The molecule has 4 rings (SSSR count). The molecule has 7 nitrogen and oxygen atoms in total. The Kier molecular flexibility index (Phi) is 5.75. The number of ether oxygens (including phenoxy) is 1. The van der Waals surface area contributed by atoms with Crippen molar-refractivity contribution in [2.45, 2.75) is 4.90 Å². The first-order chi connectivity index (χ1) is 14.1. The Hall–Kier alpha value is -2.94. The number of pyridine rings is 1. The number of hydrogen-bond donors (Lipinski definition) is 2. The van der Waals surface area contributed by atoms with Gasteiger partial charge < -0.3 is 15.4 Å². The van der Waals surface area contributed by atoms with Crippen LogP contribution in [0.2, 0.25) is 0 Å². The quantitative estimate of drug-likeness (QED) is 0.646. The first-order valence-corrected chi connectivity index (χ1v) is 10.8. The number of sulfonamides is 1. The standard InChI is InChI=1S/C21H22N4O3S/c26-29(27,25-11-13-28-14-12-25)20-9-10-21(22-16-20)24-19-8-4-7-18(15-19)23-17-5-2-1-3-6-17/h1-10,15-16,23H,11-14H2,(H,22,24). The van der Waals surface area contributed by atoms with Gasteiger partial charge in [0.1, 0.15) is 10.7 Å². The van der Waals surface area contributed by atoms with Gasteiger partial charge in [-0.2, -0.15) is 4.31 Å². The van der Waals surface area contributed by atoms with E-state index in [9.17, 15) is 8.42 Å². The lowest BCUT2D eigenvalue weighted by Gasteiger charge is -2.25. The van der Waals surface area contributed by atoms with Gasteiger partial charge in [0.15, 0.2) is 0 Å². The molecule has 1 aromatic heterocycles. The van der Waals surface area contributed by atoms with Gasteiger partial charge in [-0.05, 0) is 42.5 Å². The Morgan fingerprint density at radius 3 is 2.21 bits per heavy atom. The molecule has 29 heavy (non-hydrogen) atoms. The van der Waals surface area contributed by atoms with Crippen LogP contribution in [0.3, 0.4) is 0 Å². The van der Waals surface area contributed by atoms with Gasteiger partial charge >= 0.3 is 0 Å². The number of aromatic nitrogens is 1. The lowest BCUT2D eigenvalue weighted by Crippen LogP contribution is -2.40. The van der Waals surface area contributed by atoms with E-state index in [1.54, 1.807) is 12.1 Å². The number of nitrogens with zero attached hydrogens (tertiary/aromatic N) is 2. The Labute approximate surface area is 170 Å². The molecule has 1 aliphatic rings. The Morgan fingerprint density at radius 1 is 0.828 bits per heavy atom. The second-order valence-electron chi connectivity index (χ2n) is 6.59. The fourth-order valence-electron chi connectivity index (χ4n) is 3.05. The third-order valence-corrected chi connectivity index (χ3v) is 6.42. The van der Waals surface area contributed by atoms with Crippen LogP contribution in [0.1, 0.15) is 0 Å². The normalized spacial score (nSPS) is 15.0. The van der Waals surface area contributed by atoms with Crippen molar-refractivity contribution < 1.29 is 13.2 Å². The molecule has 0 bridgehead atoms. The summed E-state index contributed by atoms with van der Waals surface area (Å²) in [7, 11) is -3.54. The van der Waals surface area contributed by atoms with Crippen LogP contribution >= 0.6 is 0 Å². The molecular formula is C21H22N4O3S. The van der Waals surface area contributed by atoms with Crippen molar-refractivity contribution in [1.29, 1.82) is 0 Å². The zero-order valence-electron chi connectivity index (χ0n) is 15.8. The number of hydrogen-bond acceptors (Lipinski definition) is 6. The average Bonchev–Trinajstić information content (AvgIpc) is 2.76. The Balaban J connectivity index is 1.45. The molecule has 1 fully saturated rings. The predicted octanol–water partition coefficient (Wildman–Crippen LogP) is 3.59. The summed E-state index contributed by atoms with van der Waals surface area (Å²) in [5.74, 6) is 0.572. The number of anilines is 4. The number of morpholine rings is 1. The van der Waals surface area contributed by atoms with Crippen LogP contribution in [0.15, 0.2) is 77.8 Å². The van der Waals surface area contributed by atoms with E-state index in [-0.39, 0.29) is 4.90 Å². The molecule has 0 saturated carbocycles. The van der Waals surface area contributed by atoms with Crippen molar-refractivity contribution in [2.24, 2.45) is 0 Å². The fraction of sp³-hybridized carbons (Fsp3) is 0.190. The third-order valence-electron chi connectivity index (χ3n) is 4.54. The number of benzene rings is 2. The molecule has 2 N–H and O–H groups in total. The minimum Gasteiger partial charge on any atom is -0.379 e. The molecule has 0 radical (unpaired) electrons. The molecule has 1 saturated heterocycles. The van der Waals surface area contributed by atoms with Gasteiger partial charge in [0.2, 0.25) is 10.0 Å². The molecule has 3 aromatic rings. The molecule has 8 heteroatoms. The van der Waals surface area contributed by atoms with E-state index < -0.39 is 10.0 Å². The van der Waals surface area contributed by atoms with Gasteiger partial charge in [0.25, 0.3) is 0 Å². The summed E-state index contributed by atoms with van der Waals surface area (Å²) in [5.41, 5.74) is 2.79. The third kappa shape index (κ3) is 4.73. The van der Waals surface area contributed by atoms with Gasteiger partial charge in [-0.1, -0.05) is 24.3 Å². The second kappa shape index (κ2) is 8.60. The van der Waals surface area contributed by atoms with Crippen molar-refractivity contribution in [1.82, 2.24) is 9.29 Å². The number of nitrogens with one attached hydrogen (secondary N) is 2. The van der Waals surface area contributed by atoms with Crippen LogP contribution in [0.25, 0.3) is 0 Å². The zero-order chi connectivity index (χ0) is 20.1. The van der Waals surface area contributed by atoms with Crippen LogP contribution in [-0.2, 0) is 14.8 Å². The molecule has 0 aliphatic carbocycles. The number of rotatable bonds is 6. The lowest BCUT2D eigenvalue weighted by molar-refractivity contribution is 0.0730. The van der Waals surface area contributed by atoms with Gasteiger partial charge in [0, 0.05) is 36.3 Å². The maximum absolute atomic E-state index is 12.7. The van der Waals surface area contributed by atoms with E-state index in [4.69, 9.17) is 4.74 Å². The predicted molar refractivity (Wildman–Crippen MR) is 113 cm³/mol. The topological polar surface area (TPSA) is 83.6 Å². The molecule has 0 spiro atoms. The first kappa shape index (κ1) is 19.4. The highest BCUT2D eigenvalue weighted by atomic mass is 32.2. The summed E-state index contributed by atoms with van der Waals surface area (Å²) in [6.07, 6.45) is 1.39. The Bertz CT molecular complexity index is 1050. The maximum Gasteiger partial charge on any atom is 0.244 e. The van der Waals surface area contributed by atoms with Crippen LogP contribution < -0.4 is 10.6 Å². The summed E-state index contributed by atoms with van der Waals surface area (Å²) in [5, 5.41) is 6.55. The monoisotopic (exact) mass is 410 g/mol. The van der Waals surface area contributed by atoms with Gasteiger partial charge in [-0.15, -0.1) is 0 Å². The highest BCUT2D eigenvalue weighted by Crippen LogP contribution is 2.23. The smallest absolute Gasteiger partial charge is 0.244 e. The molecule has 1 aliphatic heterocycles. The number of para-hydroxylation sites is 1. The van der Waals surface area contributed by atoms with Crippen molar-refractivity contribution >= 4 is 32.9 Å². The average molecular weight is 410 g/mol. The molecule has 150 valence electrons. The zero-order valence-corrected chi connectivity index (χ0v) is 16.6. The van der Waals surface area contributed by atoms with Crippen molar-refractivity contribution in [3.63, 3.8) is 0 Å². The molecule has 0 amide bonds. The molecule has 2 aromatic carbocycles. The molecule has 2 heterocycles. The second-order valence-corrected chi connectivity index (χ2v) is 8.53. The Morgan fingerprint density at radius 2 is 1.52 bits per heavy atom. The summed E-state index contributed by atoms with van der Waals surface area (Å²) in [4.78, 5) is 4.46. The highest BCUT2D eigenvalue weighted by molar-refractivity contribution is 7.89. The minimum atomic E-state index is -3.54. The minimum absolute atomic E-state index is 0.185. The van der Waals surface area contributed by atoms with E-state index in [1.165, 1.54) is 10.5 Å². The van der Waals surface area contributed by atoms with E-state index >= 15 is 0 Å². The van der Waals surface area contributed by atoms with E-state index in [0.717, 1.165) is 17.1 Å². The summed E-state index contributed by atoms with van der Waals surface area (Å²) in [6, 6.07) is 21.0. The highest BCUT2D eigenvalue weighted by Gasteiger charge is 2.26. The summed E-state index contributed by atoms with van der Waals surface area (Å²) >= 11 is 0. The fourth-order valence-corrected chi connectivity index (χ4v) is 4.41. The largest absolute Gasteiger partial charge is 0.379 e. The van der Waals surface area contributed by atoms with E-state index in [0.29, 0.717) is 32.1 Å². The van der Waals surface area contributed by atoms with E-state index in [1.807, 2.05) is 54.6 Å². The maximum atomic E-state index is 12.7. The van der Waals surface area contributed by atoms with Crippen LogP contribution in [-0.4, -0.2) is 44.0 Å². The first-order valence-electron chi connectivity index (χ1n) is 9.34. The van der Waals surface area contributed by atoms with Gasteiger partial charge in [-0.3, -0.25) is 0 Å². The van der Waals surface area contributed by atoms with Crippen LogP contribution in [0, 0.1) is 0 Å². The van der Waals surface area contributed by atoms with E-state index in [2.05, 4.69) is 15.6 Å². The van der Waals surface area contributed by atoms with Crippen LogP contribution in [0.4, 0.5) is 22.9 Å². The van der Waals surface area contributed by atoms with Crippen molar-refractivity contribution in [2.75, 3.05) is 36.9 Å². The summed E-state index contributed by atoms with van der Waals surface area (Å²) < 4.78 is 32.0. The van der Waals surface area contributed by atoms with Crippen LogP contribution in [0.5, 0.6) is 0 Å². The van der Waals surface area contributed by atoms with Gasteiger partial charge in [0.05, 0.1) is 13.2 Å². The lowest BCUT2D eigenvalue weighted by atomic mass is 10.2. The van der Waals surface area contributed by atoms with Crippen molar-refractivity contribution in [3.05, 3.63) is 72.9 Å². The summed E-state index contributed by atoms with van der Waals surface area (Å²) in [6.45, 7) is 1.56. The molecular weight excluding hydrogens is 388 g/mol. The SMILES string of the molecule is O=S(=O)(c1ccc(Nc2cccc(Nc3ccccc3)c2)nc1)N1CCOCC1. The van der Waals surface area contributed by atoms with Gasteiger partial charge in [-0.25, -0.2) is 13.4 Å². The molecule has 0 atom stereocenters. The van der Waals surface area contributed by atoms with Crippen molar-refractivity contribution in [3.8, 4) is 0 Å².